The van der Waals surface area contributed by atoms with Crippen molar-refractivity contribution < 1.29 is 0 Å². The van der Waals surface area contributed by atoms with Crippen LogP contribution in [0.3, 0.4) is 0 Å². The SMILES string of the molecule is C[C@@H]1[C@H]2[C@H]3CC[C@@H]4[C@@]5(C)CCC(S)C(C)(C)[C@@H]5CC[C@@]4(C)[C@]3(C)CC[C@@]2(C)CC[C@H]1C. The molecule has 0 aromatic heterocycles. The van der Waals surface area contributed by atoms with Crippen molar-refractivity contribution in [1.82, 2.24) is 0 Å². The molecule has 0 radical (unpaired) electrons. The summed E-state index contributed by atoms with van der Waals surface area (Å²) < 4.78 is 0. The van der Waals surface area contributed by atoms with E-state index in [1.807, 2.05) is 0 Å². The van der Waals surface area contributed by atoms with Gasteiger partial charge in [-0.2, -0.15) is 12.6 Å². The summed E-state index contributed by atoms with van der Waals surface area (Å²) in [4.78, 5) is 0. The van der Waals surface area contributed by atoms with Crippen molar-refractivity contribution in [2.45, 2.75) is 125 Å². The van der Waals surface area contributed by atoms with Gasteiger partial charge in [-0.15, -0.1) is 0 Å². The van der Waals surface area contributed by atoms with Crippen molar-refractivity contribution in [3.8, 4) is 0 Å². The summed E-state index contributed by atoms with van der Waals surface area (Å²) in [6.45, 7) is 21.3. The first-order valence-corrected chi connectivity index (χ1v) is 14.5. The Balaban J connectivity index is 1.54. The van der Waals surface area contributed by atoms with Gasteiger partial charge in [-0.3, -0.25) is 0 Å². The number of hydrogen-bond acceptors (Lipinski definition) is 1. The molecule has 1 heteroatoms. The summed E-state index contributed by atoms with van der Waals surface area (Å²) in [5, 5.41) is 0.585. The molecular weight excluding hydrogens is 392 g/mol. The molecule has 31 heavy (non-hydrogen) atoms. The fraction of sp³-hybridized carbons (Fsp3) is 1.00. The minimum atomic E-state index is 0.383. The second kappa shape index (κ2) is 6.95. The number of rotatable bonds is 0. The highest BCUT2D eigenvalue weighted by atomic mass is 32.1. The molecule has 178 valence electrons. The van der Waals surface area contributed by atoms with E-state index >= 15 is 0 Å². The first kappa shape index (κ1) is 23.1. The summed E-state index contributed by atoms with van der Waals surface area (Å²) in [6.07, 6.45) is 14.6. The van der Waals surface area contributed by atoms with Gasteiger partial charge in [0.15, 0.2) is 0 Å². The molecule has 0 heterocycles. The van der Waals surface area contributed by atoms with Crippen LogP contribution in [0.4, 0.5) is 0 Å². The van der Waals surface area contributed by atoms with Gasteiger partial charge < -0.3 is 0 Å². The van der Waals surface area contributed by atoms with Crippen LogP contribution in [0.25, 0.3) is 0 Å². The van der Waals surface area contributed by atoms with Gasteiger partial charge in [0.25, 0.3) is 0 Å². The van der Waals surface area contributed by atoms with E-state index in [4.69, 9.17) is 12.6 Å². The highest BCUT2D eigenvalue weighted by molar-refractivity contribution is 7.81. The Bertz CT molecular complexity index is 726. The van der Waals surface area contributed by atoms with Crippen molar-refractivity contribution in [2.24, 2.45) is 62.6 Å². The van der Waals surface area contributed by atoms with Gasteiger partial charge in [0, 0.05) is 5.25 Å². The molecule has 5 aliphatic rings. The predicted molar refractivity (Wildman–Crippen MR) is 137 cm³/mol. The van der Waals surface area contributed by atoms with Crippen molar-refractivity contribution in [3.05, 3.63) is 0 Å². The maximum absolute atomic E-state index is 5.10. The van der Waals surface area contributed by atoms with Gasteiger partial charge in [0.2, 0.25) is 0 Å². The lowest BCUT2D eigenvalue weighted by atomic mass is 9.31. The van der Waals surface area contributed by atoms with E-state index in [0.717, 1.165) is 35.5 Å². The van der Waals surface area contributed by atoms with Crippen LogP contribution in [-0.2, 0) is 0 Å². The Morgan fingerprint density at radius 1 is 0.645 bits per heavy atom. The quantitative estimate of drug-likeness (QED) is 0.354. The van der Waals surface area contributed by atoms with E-state index in [1.165, 1.54) is 64.2 Å². The van der Waals surface area contributed by atoms with Crippen LogP contribution in [0, 0.1) is 62.6 Å². The molecule has 5 aliphatic carbocycles. The monoisotopic (exact) mass is 444 g/mol. The lowest BCUT2D eigenvalue weighted by Crippen LogP contribution is -2.67. The van der Waals surface area contributed by atoms with Crippen LogP contribution in [0.15, 0.2) is 0 Å². The van der Waals surface area contributed by atoms with E-state index in [2.05, 4.69) is 55.4 Å². The second-order valence-corrected chi connectivity index (χ2v) is 15.7. The normalized spacial score (nSPS) is 60.9. The molecule has 0 N–H and O–H groups in total. The third kappa shape index (κ3) is 2.80. The molecule has 5 rings (SSSR count). The highest BCUT2D eigenvalue weighted by Crippen LogP contribution is 2.77. The summed E-state index contributed by atoms with van der Waals surface area (Å²) in [5.41, 5.74) is 2.60. The zero-order valence-electron chi connectivity index (χ0n) is 22.1. The third-order valence-corrected chi connectivity index (χ3v) is 14.9. The van der Waals surface area contributed by atoms with Crippen LogP contribution in [-0.4, -0.2) is 5.25 Å². The van der Waals surface area contributed by atoms with Crippen LogP contribution in [0.5, 0.6) is 0 Å². The number of thiol groups is 1. The van der Waals surface area contributed by atoms with Crippen molar-refractivity contribution >= 4 is 12.6 Å². The molecule has 0 aromatic carbocycles. The number of fused-ring (bicyclic) bond motifs is 7. The molecule has 5 saturated carbocycles. The lowest BCUT2D eigenvalue weighted by molar-refractivity contribution is -0.246. The van der Waals surface area contributed by atoms with Crippen molar-refractivity contribution in [2.75, 3.05) is 0 Å². The van der Waals surface area contributed by atoms with E-state index in [0.29, 0.717) is 32.3 Å². The molecule has 0 nitrogen and oxygen atoms in total. The molecule has 0 aromatic rings. The fourth-order valence-electron chi connectivity index (χ4n) is 11.7. The Kier molecular flexibility index (Phi) is 5.18. The Hall–Kier alpha value is 0.350. The zero-order valence-corrected chi connectivity index (χ0v) is 23.0. The first-order valence-electron chi connectivity index (χ1n) is 14.0. The van der Waals surface area contributed by atoms with Gasteiger partial charge in [0.1, 0.15) is 0 Å². The molecule has 11 atom stereocenters. The molecule has 0 spiro atoms. The maximum atomic E-state index is 5.10. The van der Waals surface area contributed by atoms with E-state index in [1.54, 1.807) is 0 Å². The van der Waals surface area contributed by atoms with Crippen molar-refractivity contribution in [3.63, 3.8) is 0 Å². The molecule has 5 fully saturated rings. The predicted octanol–water partition coefficient (Wildman–Crippen LogP) is 9.04. The molecular formula is C30H52S. The summed E-state index contributed by atoms with van der Waals surface area (Å²) in [7, 11) is 0. The summed E-state index contributed by atoms with van der Waals surface area (Å²) >= 11 is 5.10. The summed E-state index contributed by atoms with van der Waals surface area (Å²) in [5.74, 6) is 5.53. The average Bonchev–Trinajstić information content (AvgIpc) is 2.69. The highest BCUT2D eigenvalue weighted by Gasteiger charge is 2.69. The zero-order chi connectivity index (χ0) is 22.6. The molecule has 0 aliphatic heterocycles. The lowest BCUT2D eigenvalue weighted by Gasteiger charge is -2.74. The van der Waals surface area contributed by atoms with Crippen LogP contribution < -0.4 is 0 Å². The molecule has 1 unspecified atom stereocenters. The van der Waals surface area contributed by atoms with Gasteiger partial charge in [0.05, 0.1) is 0 Å². The second-order valence-electron chi connectivity index (χ2n) is 15.1. The maximum Gasteiger partial charge on any atom is 0.00710 e. The minimum Gasteiger partial charge on any atom is -0.175 e. The summed E-state index contributed by atoms with van der Waals surface area (Å²) in [6, 6.07) is 0. The minimum absolute atomic E-state index is 0.383. The van der Waals surface area contributed by atoms with E-state index < -0.39 is 0 Å². The van der Waals surface area contributed by atoms with Gasteiger partial charge in [-0.05, 0) is 127 Å². The number of hydrogen-bond donors (Lipinski definition) is 1. The average molecular weight is 445 g/mol. The molecule has 0 amide bonds. The van der Waals surface area contributed by atoms with Gasteiger partial charge >= 0.3 is 0 Å². The molecule has 0 bridgehead atoms. The molecule has 0 saturated heterocycles. The van der Waals surface area contributed by atoms with Crippen LogP contribution >= 0.6 is 12.6 Å². The standard InChI is InChI=1S/C30H52S/c1-19-11-14-27(5)17-18-29(7)21(25(27)20(19)2)9-10-23-28(6)15-13-24(31)26(3,4)22(28)12-16-30(23,29)8/h19-25,31H,9-18H2,1-8H3/t19-,20+,21-,22+,23-,24?,25+,27-,28+,29-,30-/m1/s1. The van der Waals surface area contributed by atoms with Crippen LogP contribution in [0.2, 0.25) is 0 Å². The topological polar surface area (TPSA) is 0 Å². The largest absolute Gasteiger partial charge is 0.175 e. The van der Waals surface area contributed by atoms with E-state index in [9.17, 15) is 0 Å². The Labute approximate surface area is 199 Å². The Morgan fingerprint density at radius 3 is 2.06 bits per heavy atom. The van der Waals surface area contributed by atoms with Gasteiger partial charge in [-0.25, -0.2) is 0 Å². The first-order chi connectivity index (χ1) is 14.3. The van der Waals surface area contributed by atoms with E-state index in [-0.39, 0.29) is 0 Å². The van der Waals surface area contributed by atoms with Crippen LogP contribution in [0.1, 0.15) is 120 Å². The fourth-order valence-corrected chi connectivity index (χ4v) is 12.0. The third-order valence-electron chi connectivity index (χ3n) is 14.0. The Morgan fingerprint density at radius 2 is 1.35 bits per heavy atom. The van der Waals surface area contributed by atoms with Crippen molar-refractivity contribution in [1.29, 1.82) is 0 Å². The van der Waals surface area contributed by atoms with Gasteiger partial charge in [-0.1, -0.05) is 55.4 Å². The smallest absolute Gasteiger partial charge is 0.00710 e.